The molecule has 0 aliphatic rings. The highest BCUT2D eigenvalue weighted by Crippen LogP contribution is 2.31. The fourth-order valence-electron chi connectivity index (χ4n) is 1.66. The van der Waals surface area contributed by atoms with Crippen molar-refractivity contribution < 1.29 is 0 Å². The summed E-state index contributed by atoms with van der Waals surface area (Å²) in [7, 11) is 0. The molecule has 0 atom stereocenters. The number of rotatable bonds is 3. The number of nitriles is 1. The minimum Gasteiger partial charge on any atom is -0.274 e. The highest BCUT2D eigenvalue weighted by Gasteiger charge is 2.07. The third-order valence-electron chi connectivity index (χ3n) is 2.70. The lowest BCUT2D eigenvalue weighted by Crippen LogP contribution is -1.98. The van der Waals surface area contributed by atoms with E-state index in [4.69, 9.17) is 40.1 Å². The second-order valence-electron chi connectivity index (χ2n) is 4.31. The van der Waals surface area contributed by atoms with Crippen molar-refractivity contribution in [3.8, 4) is 6.07 Å². The molecule has 0 bridgehead atoms. The maximum Gasteiger partial charge on any atom is 0.156 e. The van der Waals surface area contributed by atoms with Crippen molar-refractivity contribution in [1.29, 1.82) is 5.26 Å². The average Bonchev–Trinajstić information content (AvgIpc) is 2.46. The standard InChI is InChI=1S/C15H10Cl3N3/c1-9-6-12(16)14(13(17)7-9)20-21-15(18)11-4-2-10(8-19)3-5-11/h2-7,20H,1H3/b21-15+. The lowest BCUT2D eigenvalue weighted by atomic mass is 10.2. The van der Waals surface area contributed by atoms with Crippen LogP contribution in [0, 0.1) is 18.3 Å². The van der Waals surface area contributed by atoms with Crippen molar-refractivity contribution in [2.45, 2.75) is 6.92 Å². The van der Waals surface area contributed by atoms with Gasteiger partial charge in [0.15, 0.2) is 5.17 Å². The molecule has 0 aromatic heterocycles. The van der Waals surface area contributed by atoms with E-state index in [2.05, 4.69) is 10.5 Å². The van der Waals surface area contributed by atoms with E-state index in [1.165, 1.54) is 0 Å². The van der Waals surface area contributed by atoms with Crippen LogP contribution in [0.1, 0.15) is 16.7 Å². The number of nitrogens with zero attached hydrogens (tertiary/aromatic N) is 2. The summed E-state index contributed by atoms with van der Waals surface area (Å²) in [4.78, 5) is 0. The molecule has 0 heterocycles. The van der Waals surface area contributed by atoms with E-state index in [1.54, 1.807) is 36.4 Å². The van der Waals surface area contributed by atoms with E-state index in [0.717, 1.165) is 5.56 Å². The summed E-state index contributed by atoms with van der Waals surface area (Å²) in [6.07, 6.45) is 0. The van der Waals surface area contributed by atoms with Gasteiger partial charge in [0.05, 0.1) is 27.4 Å². The fraction of sp³-hybridized carbons (Fsp3) is 0.0667. The van der Waals surface area contributed by atoms with Gasteiger partial charge in [-0.05, 0) is 36.8 Å². The van der Waals surface area contributed by atoms with E-state index in [0.29, 0.717) is 26.9 Å². The number of benzene rings is 2. The van der Waals surface area contributed by atoms with Crippen molar-refractivity contribution >= 4 is 45.7 Å². The lowest BCUT2D eigenvalue weighted by molar-refractivity contribution is 1.33. The largest absolute Gasteiger partial charge is 0.274 e. The van der Waals surface area contributed by atoms with Crippen LogP contribution in [-0.4, -0.2) is 5.17 Å². The zero-order valence-corrected chi connectivity index (χ0v) is 13.3. The monoisotopic (exact) mass is 337 g/mol. The summed E-state index contributed by atoms with van der Waals surface area (Å²) >= 11 is 18.3. The van der Waals surface area contributed by atoms with E-state index >= 15 is 0 Å². The van der Waals surface area contributed by atoms with Gasteiger partial charge < -0.3 is 0 Å². The summed E-state index contributed by atoms with van der Waals surface area (Å²) in [6.45, 7) is 1.90. The summed E-state index contributed by atoms with van der Waals surface area (Å²) in [5.41, 5.74) is 5.45. The molecule has 0 aliphatic heterocycles. The number of aryl methyl sites for hydroxylation is 1. The third-order valence-corrected chi connectivity index (χ3v) is 3.60. The molecule has 0 radical (unpaired) electrons. The van der Waals surface area contributed by atoms with Gasteiger partial charge in [-0.25, -0.2) is 0 Å². The minimum absolute atomic E-state index is 0.243. The van der Waals surface area contributed by atoms with Crippen molar-refractivity contribution in [3.05, 3.63) is 63.1 Å². The molecule has 0 unspecified atom stereocenters. The first-order valence-electron chi connectivity index (χ1n) is 5.96. The molecule has 2 aromatic carbocycles. The van der Waals surface area contributed by atoms with Crippen LogP contribution >= 0.6 is 34.8 Å². The lowest BCUT2D eigenvalue weighted by Gasteiger charge is -2.08. The van der Waals surface area contributed by atoms with Gasteiger partial charge in [0.25, 0.3) is 0 Å². The van der Waals surface area contributed by atoms with Crippen LogP contribution in [0.3, 0.4) is 0 Å². The topological polar surface area (TPSA) is 48.2 Å². The van der Waals surface area contributed by atoms with Crippen LogP contribution in [0.15, 0.2) is 41.5 Å². The number of hydrogen-bond acceptors (Lipinski definition) is 3. The van der Waals surface area contributed by atoms with Crippen LogP contribution in [0.25, 0.3) is 0 Å². The van der Waals surface area contributed by atoms with E-state index < -0.39 is 0 Å². The van der Waals surface area contributed by atoms with E-state index in [1.807, 2.05) is 13.0 Å². The molecule has 2 rings (SSSR count). The maximum atomic E-state index is 8.75. The first-order valence-corrected chi connectivity index (χ1v) is 7.10. The van der Waals surface area contributed by atoms with Gasteiger partial charge in [-0.15, -0.1) is 0 Å². The number of anilines is 1. The van der Waals surface area contributed by atoms with Gasteiger partial charge in [-0.2, -0.15) is 10.4 Å². The Labute approximate surface area is 137 Å². The maximum absolute atomic E-state index is 8.75. The Morgan fingerprint density at radius 3 is 2.24 bits per heavy atom. The molecule has 21 heavy (non-hydrogen) atoms. The Balaban J connectivity index is 2.22. The molecule has 0 aliphatic carbocycles. The molecular formula is C15H10Cl3N3. The fourth-order valence-corrected chi connectivity index (χ4v) is 2.51. The minimum atomic E-state index is 0.243. The number of hydrogen-bond donors (Lipinski definition) is 1. The first kappa shape index (κ1) is 15.7. The SMILES string of the molecule is Cc1cc(Cl)c(N/N=C(/Cl)c2ccc(C#N)cc2)c(Cl)c1. The van der Waals surface area contributed by atoms with E-state index in [9.17, 15) is 0 Å². The average molecular weight is 339 g/mol. The molecular weight excluding hydrogens is 329 g/mol. The second-order valence-corrected chi connectivity index (χ2v) is 5.48. The predicted octanol–water partition coefficient (Wildman–Crippen LogP) is 5.19. The van der Waals surface area contributed by atoms with Crippen LogP contribution in [-0.2, 0) is 0 Å². The van der Waals surface area contributed by atoms with Crippen molar-refractivity contribution in [2.75, 3.05) is 5.43 Å². The quantitative estimate of drug-likeness (QED) is 0.618. The van der Waals surface area contributed by atoms with Gasteiger partial charge in [0.2, 0.25) is 0 Å². The van der Waals surface area contributed by atoms with Gasteiger partial charge in [0.1, 0.15) is 0 Å². The van der Waals surface area contributed by atoms with Crippen LogP contribution in [0.5, 0.6) is 0 Å². The Kier molecular flexibility index (Phi) is 5.08. The summed E-state index contributed by atoms with van der Waals surface area (Å²) in [5.74, 6) is 0. The normalized spacial score (nSPS) is 11.1. The summed E-state index contributed by atoms with van der Waals surface area (Å²) < 4.78 is 0. The van der Waals surface area contributed by atoms with Gasteiger partial charge in [-0.3, -0.25) is 5.43 Å². The van der Waals surface area contributed by atoms with Crippen LogP contribution in [0.4, 0.5) is 5.69 Å². The third kappa shape index (κ3) is 3.89. The molecule has 2 aromatic rings. The smallest absolute Gasteiger partial charge is 0.156 e. The van der Waals surface area contributed by atoms with Crippen LogP contribution < -0.4 is 5.43 Å². The first-order chi connectivity index (χ1) is 10.0. The number of halogens is 3. The van der Waals surface area contributed by atoms with Gasteiger partial charge in [-0.1, -0.05) is 46.9 Å². The number of nitrogens with one attached hydrogen (secondary N) is 1. The molecule has 0 saturated heterocycles. The molecule has 106 valence electrons. The van der Waals surface area contributed by atoms with Crippen molar-refractivity contribution in [1.82, 2.24) is 0 Å². The van der Waals surface area contributed by atoms with Crippen molar-refractivity contribution in [3.63, 3.8) is 0 Å². The summed E-state index contributed by atoms with van der Waals surface area (Å²) in [5, 5.41) is 14.0. The zero-order chi connectivity index (χ0) is 15.4. The molecule has 1 N–H and O–H groups in total. The molecule has 3 nitrogen and oxygen atoms in total. The summed E-state index contributed by atoms with van der Waals surface area (Å²) in [6, 6.07) is 12.4. The molecule has 0 spiro atoms. The zero-order valence-electron chi connectivity index (χ0n) is 11.0. The highest BCUT2D eigenvalue weighted by atomic mass is 35.5. The Bertz CT molecular complexity index is 708. The van der Waals surface area contributed by atoms with Crippen LogP contribution in [0.2, 0.25) is 10.0 Å². The molecule has 0 fully saturated rings. The van der Waals surface area contributed by atoms with E-state index in [-0.39, 0.29) is 5.17 Å². The highest BCUT2D eigenvalue weighted by molar-refractivity contribution is 6.69. The Morgan fingerprint density at radius 2 is 1.71 bits per heavy atom. The predicted molar refractivity (Wildman–Crippen MR) is 88.4 cm³/mol. The second kappa shape index (κ2) is 6.82. The molecule has 0 saturated carbocycles. The molecule has 0 amide bonds. The Morgan fingerprint density at radius 1 is 1.14 bits per heavy atom. The Hall–Kier alpha value is -1.73. The van der Waals surface area contributed by atoms with Gasteiger partial charge >= 0.3 is 0 Å². The molecule has 6 heteroatoms. The van der Waals surface area contributed by atoms with Crippen molar-refractivity contribution in [2.24, 2.45) is 5.10 Å². The number of hydrazone groups is 1. The van der Waals surface area contributed by atoms with Gasteiger partial charge in [0, 0.05) is 5.56 Å².